The van der Waals surface area contributed by atoms with Crippen molar-refractivity contribution in [3.8, 4) is 0 Å². The van der Waals surface area contributed by atoms with Gasteiger partial charge in [0.15, 0.2) is 0 Å². The van der Waals surface area contributed by atoms with Crippen LogP contribution in [-0.2, 0) is 9.53 Å². The van der Waals surface area contributed by atoms with Gasteiger partial charge in [0, 0.05) is 17.8 Å². The molecule has 4 rings (SSSR count). The summed E-state index contributed by atoms with van der Waals surface area (Å²) >= 11 is 0. The number of esters is 1. The van der Waals surface area contributed by atoms with Crippen molar-refractivity contribution in [1.29, 1.82) is 0 Å². The molecule has 1 N–H and O–H groups in total. The van der Waals surface area contributed by atoms with E-state index in [-0.39, 0.29) is 22.4 Å². The summed E-state index contributed by atoms with van der Waals surface area (Å²) in [5, 5.41) is 10.2. The van der Waals surface area contributed by atoms with Crippen LogP contribution in [0.2, 0.25) is 0 Å². The number of aliphatic hydroxyl groups is 1. The lowest BCUT2D eigenvalue weighted by Crippen LogP contribution is -2.62. The maximum atomic E-state index is 10.8. The van der Waals surface area contributed by atoms with Crippen LogP contribution in [0, 0.1) is 22.7 Å². The lowest BCUT2D eigenvalue weighted by molar-refractivity contribution is -0.212. The SMILES string of the molecule is CC(=O)OCC12CC3CC4(O)CC4(C1)C32. The molecule has 0 aromatic rings. The molecule has 15 heavy (non-hydrogen) atoms. The highest BCUT2D eigenvalue weighted by Crippen LogP contribution is 2.91. The van der Waals surface area contributed by atoms with Crippen molar-refractivity contribution in [2.75, 3.05) is 6.61 Å². The lowest BCUT2D eigenvalue weighted by Gasteiger charge is -2.65. The minimum Gasteiger partial charge on any atom is -0.465 e. The third-order valence-corrected chi connectivity index (χ3v) is 5.64. The van der Waals surface area contributed by atoms with Crippen LogP contribution in [0.5, 0.6) is 0 Å². The van der Waals surface area contributed by atoms with Crippen LogP contribution in [0.25, 0.3) is 0 Å². The molecule has 5 unspecified atom stereocenters. The number of hydrogen-bond donors (Lipinski definition) is 1. The van der Waals surface area contributed by atoms with E-state index in [1.54, 1.807) is 0 Å². The highest BCUT2D eigenvalue weighted by molar-refractivity contribution is 5.66. The summed E-state index contributed by atoms with van der Waals surface area (Å²) < 4.78 is 5.17. The molecule has 0 aliphatic heterocycles. The van der Waals surface area contributed by atoms with E-state index in [9.17, 15) is 9.90 Å². The Kier molecular flexibility index (Phi) is 1.13. The summed E-state index contributed by atoms with van der Waals surface area (Å²) in [7, 11) is 0. The second kappa shape index (κ2) is 1.97. The zero-order chi connectivity index (χ0) is 10.5. The van der Waals surface area contributed by atoms with E-state index in [0.29, 0.717) is 12.5 Å². The van der Waals surface area contributed by atoms with Crippen molar-refractivity contribution >= 4 is 5.97 Å². The largest absolute Gasteiger partial charge is 0.465 e. The Morgan fingerprint density at radius 3 is 2.93 bits per heavy atom. The van der Waals surface area contributed by atoms with Crippen LogP contribution in [0.1, 0.15) is 32.6 Å². The van der Waals surface area contributed by atoms with Gasteiger partial charge in [-0.15, -0.1) is 0 Å². The zero-order valence-corrected chi connectivity index (χ0v) is 8.95. The van der Waals surface area contributed by atoms with Crippen molar-refractivity contribution in [2.24, 2.45) is 22.7 Å². The summed E-state index contributed by atoms with van der Waals surface area (Å²) in [6.07, 6.45) is 4.31. The van der Waals surface area contributed by atoms with Gasteiger partial charge in [-0.25, -0.2) is 0 Å². The molecule has 0 heterocycles. The lowest BCUT2D eigenvalue weighted by atomic mass is 9.39. The molecule has 4 saturated carbocycles. The Morgan fingerprint density at radius 1 is 1.47 bits per heavy atom. The Morgan fingerprint density at radius 2 is 2.27 bits per heavy atom. The van der Waals surface area contributed by atoms with Crippen LogP contribution in [-0.4, -0.2) is 23.3 Å². The van der Waals surface area contributed by atoms with Gasteiger partial charge in [0.2, 0.25) is 0 Å². The first-order valence-electron chi connectivity index (χ1n) is 5.87. The topological polar surface area (TPSA) is 46.5 Å². The van der Waals surface area contributed by atoms with E-state index in [0.717, 1.165) is 25.2 Å². The molecule has 0 aromatic carbocycles. The number of carbonyl (C=O) groups is 1. The molecule has 4 aliphatic carbocycles. The normalized spacial score (nSPS) is 62.3. The van der Waals surface area contributed by atoms with Crippen molar-refractivity contribution in [2.45, 2.75) is 38.2 Å². The van der Waals surface area contributed by atoms with E-state index >= 15 is 0 Å². The van der Waals surface area contributed by atoms with Crippen molar-refractivity contribution in [3.05, 3.63) is 0 Å². The summed E-state index contributed by atoms with van der Waals surface area (Å²) in [5.41, 5.74) is 0.242. The number of ether oxygens (including phenoxy) is 1. The first kappa shape index (κ1) is 8.57. The van der Waals surface area contributed by atoms with Gasteiger partial charge in [0.1, 0.15) is 0 Å². The van der Waals surface area contributed by atoms with Gasteiger partial charge in [-0.2, -0.15) is 0 Å². The number of carbonyl (C=O) groups excluding carboxylic acids is 1. The Labute approximate surface area is 88.8 Å². The molecule has 0 radical (unpaired) electrons. The Balaban J connectivity index is 1.54. The average molecular weight is 208 g/mol. The quantitative estimate of drug-likeness (QED) is 0.691. The van der Waals surface area contributed by atoms with Gasteiger partial charge in [0.25, 0.3) is 0 Å². The van der Waals surface area contributed by atoms with Gasteiger partial charge in [-0.3, -0.25) is 4.79 Å². The molecule has 1 spiro atoms. The van der Waals surface area contributed by atoms with Crippen LogP contribution >= 0.6 is 0 Å². The predicted molar refractivity (Wildman–Crippen MR) is 51.9 cm³/mol. The average Bonchev–Trinajstić information content (AvgIpc) is 2.62. The highest BCUT2D eigenvalue weighted by atomic mass is 16.5. The first-order chi connectivity index (χ1) is 7.02. The van der Waals surface area contributed by atoms with Crippen LogP contribution in [0.3, 0.4) is 0 Å². The van der Waals surface area contributed by atoms with E-state index in [1.165, 1.54) is 13.3 Å². The fourth-order valence-corrected chi connectivity index (χ4v) is 5.38. The molecular weight excluding hydrogens is 192 g/mol. The van der Waals surface area contributed by atoms with E-state index in [2.05, 4.69) is 0 Å². The fraction of sp³-hybridized carbons (Fsp3) is 0.917. The maximum absolute atomic E-state index is 10.8. The molecule has 0 amide bonds. The summed E-state index contributed by atoms with van der Waals surface area (Å²) in [4.78, 5) is 10.8. The number of hydrogen-bond acceptors (Lipinski definition) is 3. The summed E-state index contributed by atoms with van der Waals surface area (Å²) in [5.74, 6) is 1.24. The van der Waals surface area contributed by atoms with E-state index < -0.39 is 0 Å². The van der Waals surface area contributed by atoms with Crippen LogP contribution in [0.4, 0.5) is 0 Å². The zero-order valence-electron chi connectivity index (χ0n) is 8.95. The molecule has 0 bridgehead atoms. The highest BCUT2D eigenvalue weighted by Gasteiger charge is 2.90. The monoisotopic (exact) mass is 208 g/mol. The molecule has 82 valence electrons. The third kappa shape index (κ3) is 0.690. The first-order valence-corrected chi connectivity index (χ1v) is 5.87. The van der Waals surface area contributed by atoms with E-state index in [4.69, 9.17) is 4.74 Å². The Bertz CT molecular complexity index is 379. The van der Waals surface area contributed by atoms with Crippen molar-refractivity contribution in [1.82, 2.24) is 0 Å². The molecule has 0 saturated heterocycles. The van der Waals surface area contributed by atoms with Crippen LogP contribution < -0.4 is 0 Å². The number of rotatable bonds is 2. The Hall–Kier alpha value is -0.570. The standard InChI is InChI=1S/C12H16O3/c1-7(13)15-6-10-2-8-3-12(14)5-11(12,4-10)9(8)10/h8-9,14H,2-6H2,1H3. The van der Waals surface area contributed by atoms with Gasteiger partial charge in [-0.05, 0) is 37.5 Å². The molecule has 4 fully saturated rings. The molecule has 0 aromatic heterocycles. The van der Waals surface area contributed by atoms with Crippen molar-refractivity contribution in [3.63, 3.8) is 0 Å². The minimum atomic E-state index is -0.307. The van der Waals surface area contributed by atoms with Gasteiger partial charge >= 0.3 is 5.97 Å². The second-order valence-corrected chi connectivity index (χ2v) is 6.33. The predicted octanol–water partition coefficient (Wildman–Crippen LogP) is 1.10. The van der Waals surface area contributed by atoms with Gasteiger partial charge in [0.05, 0.1) is 12.2 Å². The minimum absolute atomic E-state index is 0.169. The maximum Gasteiger partial charge on any atom is 0.302 e. The molecule has 3 heteroatoms. The molecule has 5 atom stereocenters. The smallest absolute Gasteiger partial charge is 0.302 e. The fourth-order valence-electron chi connectivity index (χ4n) is 5.38. The van der Waals surface area contributed by atoms with Crippen molar-refractivity contribution < 1.29 is 14.6 Å². The summed E-state index contributed by atoms with van der Waals surface area (Å²) in [6.45, 7) is 2.07. The van der Waals surface area contributed by atoms with Crippen LogP contribution in [0.15, 0.2) is 0 Å². The third-order valence-electron chi connectivity index (χ3n) is 5.64. The molecule has 3 nitrogen and oxygen atoms in total. The summed E-state index contributed by atoms with van der Waals surface area (Å²) in [6, 6.07) is 0. The van der Waals surface area contributed by atoms with Gasteiger partial charge in [-0.1, -0.05) is 0 Å². The van der Waals surface area contributed by atoms with Gasteiger partial charge < -0.3 is 9.84 Å². The second-order valence-electron chi connectivity index (χ2n) is 6.33. The molecule has 4 aliphatic rings. The molecular formula is C12H16O3. The van der Waals surface area contributed by atoms with E-state index in [1.807, 2.05) is 0 Å².